The highest BCUT2D eigenvalue weighted by atomic mass is 16.7. The molecule has 7 N–H and O–H groups in total. The van der Waals surface area contributed by atoms with Gasteiger partial charge in [-0.2, -0.15) is 0 Å². The highest BCUT2D eigenvalue weighted by Crippen LogP contribution is 2.26. The van der Waals surface area contributed by atoms with E-state index in [4.69, 9.17) is 28.4 Å². The van der Waals surface area contributed by atoms with Crippen molar-refractivity contribution < 1.29 is 69.0 Å². The first-order valence-corrected chi connectivity index (χ1v) is 27.2. The lowest BCUT2D eigenvalue weighted by molar-refractivity contribution is -0.332. The molecule has 2 aliphatic rings. The van der Waals surface area contributed by atoms with Crippen LogP contribution in [0.2, 0.25) is 0 Å². The van der Waals surface area contributed by atoms with E-state index in [1.807, 2.05) is 0 Å². The lowest BCUT2D eigenvalue weighted by Gasteiger charge is -2.42. The number of esters is 1. The third-order valence-corrected chi connectivity index (χ3v) is 12.8. The molecular weight excluding hydrogens is 885 g/mol. The van der Waals surface area contributed by atoms with Crippen LogP contribution in [0.1, 0.15) is 194 Å². The molecule has 0 aromatic heterocycles. The van der Waals surface area contributed by atoms with Gasteiger partial charge in [0.1, 0.15) is 54.9 Å². The average molecular weight is 983 g/mol. The van der Waals surface area contributed by atoms with E-state index < -0.39 is 80.7 Å². The van der Waals surface area contributed by atoms with E-state index in [0.29, 0.717) is 13.0 Å². The van der Waals surface area contributed by atoms with E-state index in [1.54, 1.807) is 0 Å². The Balaban J connectivity index is 1.75. The molecule has 69 heavy (non-hydrogen) atoms. The second-order valence-corrected chi connectivity index (χ2v) is 19.0. The molecule has 0 saturated carbocycles. The second kappa shape index (κ2) is 42.5. The van der Waals surface area contributed by atoms with Gasteiger partial charge in [0, 0.05) is 13.0 Å². The van der Waals surface area contributed by atoms with Crippen molar-refractivity contribution in [2.24, 2.45) is 0 Å². The second-order valence-electron chi connectivity index (χ2n) is 19.0. The van der Waals surface area contributed by atoms with Crippen LogP contribution in [-0.2, 0) is 33.2 Å². The third-order valence-electron chi connectivity index (χ3n) is 12.8. The van der Waals surface area contributed by atoms with Gasteiger partial charge in [-0.25, -0.2) is 0 Å². The van der Waals surface area contributed by atoms with Crippen LogP contribution in [0.3, 0.4) is 0 Å². The van der Waals surface area contributed by atoms with Crippen molar-refractivity contribution in [1.29, 1.82) is 0 Å². The SMILES string of the molecule is CC/C=C\C/C=C\C/C=C\CCCCCCCCOCC(COC1OC(COC2OC(CO)C(O)C(O)C2O)C(O)C(O)C1O)OC(=O)CCCCCCCCCCC/C=C\CCCCCCCC. The molecule has 2 heterocycles. The molecule has 0 radical (unpaired) electrons. The van der Waals surface area contributed by atoms with E-state index in [9.17, 15) is 40.5 Å². The van der Waals surface area contributed by atoms with Crippen LogP contribution in [0.4, 0.5) is 0 Å². The molecule has 14 heteroatoms. The molecule has 0 bridgehead atoms. The molecule has 0 aromatic rings. The smallest absolute Gasteiger partial charge is 0.306 e. The van der Waals surface area contributed by atoms with Crippen molar-refractivity contribution in [3.05, 3.63) is 48.6 Å². The molecule has 402 valence electrons. The fourth-order valence-electron chi connectivity index (χ4n) is 8.41. The number of ether oxygens (including phenoxy) is 6. The number of allylic oxidation sites excluding steroid dienone is 8. The Morgan fingerprint density at radius 3 is 1.49 bits per heavy atom. The molecule has 2 aliphatic heterocycles. The van der Waals surface area contributed by atoms with Gasteiger partial charge in [-0.3, -0.25) is 4.79 Å². The summed E-state index contributed by atoms with van der Waals surface area (Å²) in [4.78, 5) is 13.0. The van der Waals surface area contributed by atoms with Gasteiger partial charge >= 0.3 is 5.97 Å². The minimum atomic E-state index is -1.71. The Morgan fingerprint density at radius 1 is 0.493 bits per heavy atom. The Kier molecular flexibility index (Phi) is 38.8. The number of hydrogen-bond acceptors (Lipinski definition) is 14. The average Bonchev–Trinajstić information content (AvgIpc) is 3.35. The van der Waals surface area contributed by atoms with Crippen LogP contribution in [0.25, 0.3) is 0 Å². The number of rotatable bonds is 43. The minimum Gasteiger partial charge on any atom is -0.457 e. The monoisotopic (exact) mass is 983 g/mol. The van der Waals surface area contributed by atoms with E-state index in [2.05, 4.69) is 62.5 Å². The quantitative estimate of drug-likeness (QED) is 0.0173. The lowest BCUT2D eigenvalue weighted by atomic mass is 9.98. The lowest BCUT2D eigenvalue weighted by Crippen LogP contribution is -2.61. The topological polar surface area (TPSA) is 214 Å². The third kappa shape index (κ3) is 29.9. The molecule has 0 amide bonds. The number of hydrogen-bond donors (Lipinski definition) is 7. The summed E-state index contributed by atoms with van der Waals surface area (Å²) in [6, 6.07) is 0. The predicted octanol–water partition coefficient (Wildman–Crippen LogP) is 8.74. The zero-order valence-corrected chi connectivity index (χ0v) is 42.8. The fourth-order valence-corrected chi connectivity index (χ4v) is 8.41. The molecule has 11 unspecified atom stereocenters. The molecule has 2 saturated heterocycles. The molecule has 2 rings (SSSR count). The molecular formula is C55H98O14. The van der Waals surface area contributed by atoms with Gasteiger partial charge in [-0.05, 0) is 70.6 Å². The van der Waals surface area contributed by atoms with Gasteiger partial charge in [0.05, 0.1) is 26.4 Å². The van der Waals surface area contributed by atoms with Gasteiger partial charge in [-0.15, -0.1) is 0 Å². The van der Waals surface area contributed by atoms with Crippen molar-refractivity contribution in [2.45, 2.75) is 261 Å². The minimum absolute atomic E-state index is 0.0514. The Morgan fingerprint density at radius 2 is 0.942 bits per heavy atom. The molecule has 2 fully saturated rings. The van der Waals surface area contributed by atoms with Crippen molar-refractivity contribution >= 4 is 5.97 Å². The normalized spacial score (nSPS) is 26.0. The maximum absolute atomic E-state index is 13.0. The van der Waals surface area contributed by atoms with Gasteiger partial charge in [0.2, 0.25) is 0 Å². The summed E-state index contributed by atoms with van der Waals surface area (Å²) in [7, 11) is 0. The molecule has 0 aromatic carbocycles. The zero-order valence-electron chi connectivity index (χ0n) is 42.8. The van der Waals surface area contributed by atoms with Gasteiger partial charge in [0.25, 0.3) is 0 Å². The van der Waals surface area contributed by atoms with Crippen LogP contribution >= 0.6 is 0 Å². The highest BCUT2D eigenvalue weighted by Gasteiger charge is 2.47. The number of unbranched alkanes of at least 4 members (excludes halogenated alkanes) is 21. The first-order chi connectivity index (χ1) is 33.6. The fraction of sp³-hybridized carbons (Fsp3) is 0.836. The number of aliphatic hydroxyl groups is 7. The van der Waals surface area contributed by atoms with Crippen LogP contribution < -0.4 is 0 Å². The van der Waals surface area contributed by atoms with Crippen LogP contribution in [0, 0.1) is 0 Å². The summed E-state index contributed by atoms with van der Waals surface area (Å²) in [6.07, 6.45) is 33.1. The van der Waals surface area contributed by atoms with Crippen molar-refractivity contribution in [2.75, 3.05) is 33.0 Å². The number of aliphatic hydroxyl groups excluding tert-OH is 7. The van der Waals surface area contributed by atoms with E-state index in [1.165, 1.54) is 96.3 Å². The summed E-state index contributed by atoms with van der Waals surface area (Å²) in [6.45, 7) is 3.55. The Hall–Kier alpha value is -2.05. The van der Waals surface area contributed by atoms with Crippen LogP contribution in [0.15, 0.2) is 48.6 Å². The largest absolute Gasteiger partial charge is 0.457 e. The van der Waals surface area contributed by atoms with Crippen LogP contribution in [-0.4, -0.2) is 142 Å². The van der Waals surface area contributed by atoms with E-state index >= 15 is 0 Å². The van der Waals surface area contributed by atoms with E-state index in [0.717, 1.165) is 70.6 Å². The highest BCUT2D eigenvalue weighted by molar-refractivity contribution is 5.69. The summed E-state index contributed by atoms with van der Waals surface area (Å²) in [5, 5.41) is 72.2. The molecule has 11 atom stereocenters. The van der Waals surface area contributed by atoms with Crippen molar-refractivity contribution in [1.82, 2.24) is 0 Å². The maximum atomic E-state index is 13.0. The van der Waals surface area contributed by atoms with Crippen LogP contribution in [0.5, 0.6) is 0 Å². The zero-order chi connectivity index (χ0) is 50.2. The molecule has 0 aliphatic carbocycles. The number of carbonyl (C=O) groups excluding carboxylic acids is 1. The first-order valence-electron chi connectivity index (χ1n) is 27.2. The first kappa shape index (κ1) is 63.1. The van der Waals surface area contributed by atoms with Crippen molar-refractivity contribution in [3.8, 4) is 0 Å². The Labute approximate surface area is 416 Å². The predicted molar refractivity (Wildman–Crippen MR) is 270 cm³/mol. The standard InChI is InChI=1S/C55H98O14/c1-3-5-7-9-11-13-15-17-19-21-22-23-24-26-28-30-32-34-36-38-47(57)67-44(41-64-39-37-35-33-31-29-27-25-20-18-16-14-12-10-8-6-4-2)42-65-54-53(63)51(61)49(59)46(69-54)43-66-55-52(62)50(60)48(58)45(40-56)68-55/h6,8,12,14,17-20,44-46,48-56,58-63H,3-5,7,9-11,13,15-16,21-43H2,1-2H3/b8-6-,14-12-,19-17-,20-18-. The molecule has 14 nitrogen and oxygen atoms in total. The van der Waals surface area contributed by atoms with Gasteiger partial charge < -0.3 is 64.2 Å². The summed E-state index contributed by atoms with van der Waals surface area (Å²) in [5.41, 5.74) is 0. The Bertz CT molecular complexity index is 1320. The maximum Gasteiger partial charge on any atom is 0.306 e. The summed E-state index contributed by atoms with van der Waals surface area (Å²) < 4.78 is 34.3. The van der Waals surface area contributed by atoms with Gasteiger partial charge in [-0.1, -0.05) is 165 Å². The number of carbonyl (C=O) groups is 1. The summed E-state index contributed by atoms with van der Waals surface area (Å²) >= 11 is 0. The molecule has 0 spiro atoms. The van der Waals surface area contributed by atoms with Gasteiger partial charge in [0.15, 0.2) is 12.6 Å². The van der Waals surface area contributed by atoms with Crippen molar-refractivity contribution in [3.63, 3.8) is 0 Å². The summed E-state index contributed by atoms with van der Waals surface area (Å²) in [5.74, 6) is -0.384. The van der Waals surface area contributed by atoms with E-state index in [-0.39, 0.29) is 25.6 Å².